The lowest BCUT2D eigenvalue weighted by atomic mass is 10.0. The van der Waals surface area contributed by atoms with Gasteiger partial charge in [-0.05, 0) is 46.7 Å². The van der Waals surface area contributed by atoms with Gasteiger partial charge in [0.15, 0.2) is 11.5 Å². The molecule has 0 bridgehead atoms. The van der Waals surface area contributed by atoms with E-state index in [1.165, 1.54) is 0 Å². The Hall–Kier alpha value is -3.86. The molecule has 1 amide bonds. The summed E-state index contributed by atoms with van der Waals surface area (Å²) in [6.07, 6.45) is 1.74. The Bertz CT molecular complexity index is 1190. The zero-order chi connectivity index (χ0) is 21.6. The zero-order valence-corrected chi connectivity index (χ0v) is 17.6. The van der Waals surface area contributed by atoms with Crippen molar-refractivity contribution in [3.8, 4) is 11.5 Å². The summed E-state index contributed by atoms with van der Waals surface area (Å²) in [5, 5.41) is 1.98. The first-order valence-corrected chi connectivity index (χ1v) is 10.1. The lowest BCUT2D eigenvalue weighted by Gasteiger charge is -2.24. The van der Waals surface area contributed by atoms with Gasteiger partial charge in [-0.15, -0.1) is 0 Å². The standard InChI is InChI=1S/C26H24N2O3/c1-30-24-14-13-19(16-25(24)31-2)17-28(18-21-10-5-6-15-27-21)26(29)23-12-7-9-20-8-3-4-11-22(20)23/h3-16H,17-18H2,1-2H3. The lowest BCUT2D eigenvalue weighted by molar-refractivity contribution is 0.0729. The number of hydrogen-bond donors (Lipinski definition) is 0. The molecule has 0 atom stereocenters. The molecule has 0 aliphatic heterocycles. The molecule has 0 saturated carbocycles. The molecule has 4 aromatic rings. The van der Waals surface area contributed by atoms with Crippen molar-refractivity contribution in [3.63, 3.8) is 0 Å². The third kappa shape index (κ3) is 4.51. The van der Waals surface area contributed by atoms with Crippen LogP contribution in [0.25, 0.3) is 10.8 Å². The second-order valence-electron chi connectivity index (χ2n) is 7.20. The number of aromatic nitrogens is 1. The smallest absolute Gasteiger partial charge is 0.255 e. The SMILES string of the molecule is COc1ccc(CN(Cc2ccccn2)C(=O)c2cccc3ccccc23)cc1OC. The zero-order valence-electron chi connectivity index (χ0n) is 17.6. The Labute approximate surface area is 181 Å². The first-order valence-electron chi connectivity index (χ1n) is 10.1. The Kier molecular flexibility index (Phi) is 6.13. The average molecular weight is 412 g/mol. The predicted octanol–water partition coefficient (Wildman–Crippen LogP) is 5.09. The van der Waals surface area contributed by atoms with Crippen LogP contribution in [0.2, 0.25) is 0 Å². The highest BCUT2D eigenvalue weighted by Crippen LogP contribution is 2.29. The Balaban J connectivity index is 1.71. The Morgan fingerprint density at radius 1 is 0.839 bits per heavy atom. The highest BCUT2D eigenvalue weighted by Gasteiger charge is 2.20. The molecule has 0 aliphatic rings. The normalized spacial score (nSPS) is 10.6. The van der Waals surface area contributed by atoms with Gasteiger partial charge in [0.05, 0.1) is 26.5 Å². The topological polar surface area (TPSA) is 51.7 Å². The molecular formula is C26H24N2O3. The van der Waals surface area contributed by atoms with Gasteiger partial charge in [0, 0.05) is 18.3 Å². The number of amides is 1. The molecule has 156 valence electrons. The van der Waals surface area contributed by atoms with Gasteiger partial charge in [0.25, 0.3) is 5.91 Å². The Morgan fingerprint density at radius 2 is 1.61 bits per heavy atom. The van der Waals surface area contributed by atoms with Gasteiger partial charge in [0.2, 0.25) is 0 Å². The molecule has 31 heavy (non-hydrogen) atoms. The van der Waals surface area contributed by atoms with E-state index in [1.54, 1.807) is 20.4 Å². The van der Waals surface area contributed by atoms with Crippen molar-refractivity contribution in [1.82, 2.24) is 9.88 Å². The molecule has 0 spiro atoms. The number of carbonyl (C=O) groups is 1. The molecule has 1 aromatic heterocycles. The average Bonchev–Trinajstić information content (AvgIpc) is 2.83. The summed E-state index contributed by atoms with van der Waals surface area (Å²) in [5.41, 5.74) is 2.45. The van der Waals surface area contributed by atoms with Gasteiger partial charge in [-0.2, -0.15) is 0 Å². The summed E-state index contributed by atoms with van der Waals surface area (Å²) in [6.45, 7) is 0.816. The van der Waals surface area contributed by atoms with E-state index in [0.29, 0.717) is 30.2 Å². The molecule has 0 unspecified atom stereocenters. The van der Waals surface area contributed by atoms with E-state index in [0.717, 1.165) is 22.0 Å². The highest BCUT2D eigenvalue weighted by molar-refractivity contribution is 6.07. The first kappa shape index (κ1) is 20.4. The van der Waals surface area contributed by atoms with E-state index >= 15 is 0 Å². The third-order valence-electron chi connectivity index (χ3n) is 5.21. The summed E-state index contributed by atoms with van der Waals surface area (Å²) in [6, 6.07) is 25.2. The van der Waals surface area contributed by atoms with Crippen molar-refractivity contribution in [2.24, 2.45) is 0 Å². The molecule has 5 heteroatoms. The van der Waals surface area contributed by atoms with E-state index in [4.69, 9.17) is 9.47 Å². The minimum absolute atomic E-state index is 0.0442. The summed E-state index contributed by atoms with van der Waals surface area (Å²) in [7, 11) is 3.21. The van der Waals surface area contributed by atoms with E-state index < -0.39 is 0 Å². The van der Waals surface area contributed by atoms with Gasteiger partial charge in [-0.3, -0.25) is 9.78 Å². The van der Waals surface area contributed by atoms with Crippen molar-refractivity contribution in [1.29, 1.82) is 0 Å². The van der Waals surface area contributed by atoms with Crippen molar-refractivity contribution < 1.29 is 14.3 Å². The summed E-state index contributed by atoms with van der Waals surface area (Å²) >= 11 is 0. The fraction of sp³-hybridized carbons (Fsp3) is 0.154. The molecular weight excluding hydrogens is 388 g/mol. The van der Waals surface area contributed by atoms with Crippen LogP contribution < -0.4 is 9.47 Å². The van der Waals surface area contributed by atoms with Crippen LogP contribution in [0.1, 0.15) is 21.6 Å². The highest BCUT2D eigenvalue weighted by atomic mass is 16.5. The van der Waals surface area contributed by atoms with Gasteiger partial charge in [0.1, 0.15) is 0 Å². The van der Waals surface area contributed by atoms with Gasteiger partial charge >= 0.3 is 0 Å². The molecule has 0 aliphatic carbocycles. The van der Waals surface area contributed by atoms with Crippen LogP contribution in [0.5, 0.6) is 11.5 Å². The minimum atomic E-state index is -0.0442. The van der Waals surface area contributed by atoms with Crippen molar-refractivity contribution >= 4 is 16.7 Å². The maximum absolute atomic E-state index is 13.7. The number of benzene rings is 3. The second-order valence-corrected chi connectivity index (χ2v) is 7.20. The fourth-order valence-electron chi connectivity index (χ4n) is 3.67. The maximum Gasteiger partial charge on any atom is 0.255 e. The molecule has 5 nitrogen and oxygen atoms in total. The minimum Gasteiger partial charge on any atom is -0.493 e. The molecule has 0 radical (unpaired) electrons. The lowest BCUT2D eigenvalue weighted by Crippen LogP contribution is -2.30. The fourth-order valence-corrected chi connectivity index (χ4v) is 3.67. The molecule has 1 heterocycles. The van der Waals surface area contributed by atoms with Crippen LogP contribution in [-0.2, 0) is 13.1 Å². The predicted molar refractivity (Wildman–Crippen MR) is 121 cm³/mol. The van der Waals surface area contributed by atoms with Crippen molar-refractivity contribution in [2.45, 2.75) is 13.1 Å². The maximum atomic E-state index is 13.7. The van der Waals surface area contributed by atoms with Crippen LogP contribution in [-0.4, -0.2) is 30.0 Å². The van der Waals surface area contributed by atoms with E-state index in [9.17, 15) is 4.79 Å². The first-order chi connectivity index (χ1) is 15.2. The number of ether oxygens (including phenoxy) is 2. The van der Waals surface area contributed by atoms with E-state index in [1.807, 2.05) is 83.8 Å². The Morgan fingerprint density at radius 3 is 2.39 bits per heavy atom. The summed E-state index contributed by atoms with van der Waals surface area (Å²) in [4.78, 5) is 19.9. The van der Waals surface area contributed by atoms with Crippen molar-refractivity contribution in [3.05, 3.63) is 102 Å². The number of fused-ring (bicyclic) bond motifs is 1. The van der Waals surface area contributed by atoms with Crippen LogP contribution in [0.4, 0.5) is 0 Å². The van der Waals surface area contributed by atoms with Gasteiger partial charge in [-0.25, -0.2) is 0 Å². The second kappa shape index (κ2) is 9.30. The third-order valence-corrected chi connectivity index (χ3v) is 5.21. The molecule has 4 rings (SSSR count). The van der Waals surface area contributed by atoms with Crippen molar-refractivity contribution in [2.75, 3.05) is 14.2 Å². The van der Waals surface area contributed by atoms with Crippen LogP contribution >= 0.6 is 0 Å². The molecule has 0 saturated heterocycles. The summed E-state index contributed by atoms with van der Waals surface area (Å²) < 4.78 is 10.8. The number of carbonyl (C=O) groups excluding carboxylic acids is 1. The largest absolute Gasteiger partial charge is 0.493 e. The van der Waals surface area contributed by atoms with Gasteiger partial charge < -0.3 is 14.4 Å². The number of hydrogen-bond acceptors (Lipinski definition) is 4. The quantitative estimate of drug-likeness (QED) is 0.424. The van der Waals surface area contributed by atoms with E-state index in [2.05, 4.69) is 4.98 Å². The molecule has 0 fully saturated rings. The van der Waals surface area contributed by atoms with Crippen LogP contribution in [0.3, 0.4) is 0 Å². The van der Waals surface area contributed by atoms with Crippen LogP contribution in [0, 0.1) is 0 Å². The number of nitrogens with zero attached hydrogens (tertiary/aromatic N) is 2. The molecule has 3 aromatic carbocycles. The molecule has 0 N–H and O–H groups in total. The van der Waals surface area contributed by atoms with E-state index in [-0.39, 0.29) is 5.91 Å². The van der Waals surface area contributed by atoms with Gasteiger partial charge in [-0.1, -0.05) is 48.5 Å². The number of rotatable bonds is 7. The summed E-state index contributed by atoms with van der Waals surface area (Å²) in [5.74, 6) is 1.25. The monoisotopic (exact) mass is 412 g/mol. The number of pyridine rings is 1. The van der Waals surface area contributed by atoms with Crippen LogP contribution in [0.15, 0.2) is 85.1 Å². The number of methoxy groups -OCH3 is 2.